The predicted molar refractivity (Wildman–Crippen MR) is 105 cm³/mol. The number of likely N-dealkylation sites (tertiary alicyclic amines) is 1. The first-order valence-electron chi connectivity index (χ1n) is 9.13. The van der Waals surface area contributed by atoms with Crippen LogP contribution in [0.2, 0.25) is 0 Å². The van der Waals surface area contributed by atoms with E-state index in [9.17, 15) is 4.79 Å². The van der Waals surface area contributed by atoms with E-state index in [4.69, 9.17) is 13.9 Å². The minimum absolute atomic E-state index is 0.00301. The Bertz CT molecular complexity index is 908. The van der Waals surface area contributed by atoms with Crippen LogP contribution >= 0.6 is 11.3 Å². The molecule has 1 aromatic carbocycles. The average molecular weight is 399 g/mol. The fourth-order valence-electron chi connectivity index (χ4n) is 3.22. The van der Waals surface area contributed by atoms with Crippen LogP contribution in [-0.4, -0.2) is 47.8 Å². The number of hydrogen-bond donors (Lipinski definition) is 0. The molecule has 1 amide bonds. The number of piperidine rings is 1. The monoisotopic (exact) mass is 399 g/mol. The second-order valence-corrected chi connectivity index (χ2v) is 7.38. The van der Waals surface area contributed by atoms with Crippen LogP contribution in [0.25, 0.3) is 11.5 Å². The zero-order valence-corrected chi connectivity index (χ0v) is 16.4. The second-order valence-electron chi connectivity index (χ2n) is 6.60. The van der Waals surface area contributed by atoms with Gasteiger partial charge in [-0.15, -0.1) is 10.2 Å². The van der Waals surface area contributed by atoms with Gasteiger partial charge in [0.2, 0.25) is 11.8 Å². The van der Waals surface area contributed by atoms with Crippen molar-refractivity contribution < 1.29 is 18.7 Å². The van der Waals surface area contributed by atoms with E-state index in [0.29, 0.717) is 30.6 Å². The van der Waals surface area contributed by atoms with Crippen LogP contribution in [0.15, 0.2) is 45.5 Å². The Labute approximate surface area is 166 Å². The Morgan fingerprint density at radius 1 is 1.25 bits per heavy atom. The van der Waals surface area contributed by atoms with Crippen LogP contribution in [0, 0.1) is 0 Å². The lowest BCUT2D eigenvalue weighted by molar-refractivity contribution is -0.134. The van der Waals surface area contributed by atoms with Crippen molar-refractivity contribution in [2.24, 2.45) is 0 Å². The van der Waals surface area contributed by atoms with Crippen molar-refractivity contribution in [3.8, 4) is 23.0 Å². The molecule has 0 aliphatic carbocycles. The topological polar surface area (TPSA) is 77.7 Å². The van der Waals surface area contributed by atoms with Gasteiger partial charge in [0.1, 0.15) is 11.5 Å². The summed E-state index contributed by atoms with van der Waals surface area (Å²) < 4.78 is 16.6. The zero-order chi connectivity index (χ0) is 19.3. The first kappa shape index (κ1) is 18.5. The number of amides is 1. The molecular weight excluding hydrogens is 378 g/mol. The van der Waals surface area contributed by atoms with Crippen LogP contribution in [0.1, 0.15) is 24.7 Å². The Morgan fingerprint density at radius 3 is 2.82 bits per heavy atom. The number of carbonyl (C=O) groups excluding carboxylic acids is 1. The van der Waals surface area contributed by atoms with Gasteiger partial charge in [0.25, 0.3) is 5.91 Å². The highest BCUT2D eigenvalue weighted by Crippen LogP contribution is 2.29. The van der Waals surface area contributed by atoms with Crippen molar-refractivity contribution in [2.45, 2.75) is 18.8 Å². The number of benzene rings is 1. The van der Waals surface area contributed by atoms with E-state index >= 15 is 0 Å². The standard InChI is InChI=1S/C20H21N3O4S/c1-25-16-4-6-17(7-5-16)26-12-18(24)23-9-2-3-14(11-23)19-21-22-20(27-19)15-8-10-28-13-15/h4-8,10,13-14H,2-3,9,11-12H2,1H3. The molecule has 0 spiro atoms. The summed E-state index contributed by atoms with van der Waals surface area (Å²) in [4.78, 5) is 14.4. The third-order valence-electron chi connectivity index (χ3n) is 4.75. The van der Waals surface area contributed by atoms with Crippen molar-refractivity contribution in [3.05, 3.63) is 47.0 Å². The van der Waals surface area contributed by atoms with Crippen molar-refractivity contribution in [1.82, 2.24) is 15.1 Å². The molecule has 1 fully saturated rings. The van der Waals surface area contributed by atoms with E-state index in [0.717, 1.165) is 24.2 Å². The Balaban J connectivity index is 1.34. The van der Waals surface area contributed by atoms with E-state index in [2.05, 4.69) is 10.2 Å². The van der Waals surface area contributed by atoms with Gasteiger partial charge < -0.3 is 18.8 Å². The number of methoxy groups -OCH3 is 1. The lowest BCUT2D eigenvalue weighted by atomic mass is 9.98. The largest absolute Gasteiger partial charge is 0.497 e. The lowest BCUT2D eigenvalue weighted by Crippen LogP contribution is -2.41. The van der Waals surface area contributed by atoms with Crippen molar-refractivity contribution in [1.29, 1.82) is 0 Å². The molecule has 7 nitrogen and oxygen atoms in total. The van der Waals surface area contributed by atoms with Crippen molar-refractivity contribution in [3.63, 3.8) is 0 Å². The zero-order valence-electron chi connectivity index (χ0n) is 15.5. The summed E-state index contributed by atoms with van der Waals surface area (Å²) in [6.45, 7) is 1.28. The predicted octanol–water partition coefficient (Wildman–Crippen LogP) is 3.59. The van der Waals surface area contributed by atoms with E-state index in [-0.39, 0.29) is 18.4 Å². The molecule has 0 saturated carbocycles. The minimum Gasteiger partial charge on any atom is -0.497 e. The van der Waals surface area contributed by atoms with Crippen LogP contribution in [0.3, 0.4) is 0 Å². The van der Waals surface area contributed by atoms with Gasteiger partial charge in [-0.3, -0.25) is 4.79 Å². The first-order chi connectivity index (χ1) is 13.7. The van der Waals surface area contributed by atoms with Gasteiger partial charge in [0, 0.05) is 24.0 Å². The maximum absolute atomic E-state index is 12.6. The van der Waals surface area contributed by atoms with Gasteiger partial charge in [-0.05, 0) is 48.6 Å². The van der Waals surface area contributed by atoms with Crippen molar-refractivity contribution >= 4 is 17.2 Å². The van der Waals surface area contributed by atoms with Crippen molar-refractivity contribution in [2.75, 3.05) is 26.8 Å². The number of carbonyl (C=O) groups is 1. The fourth-order valence-corrected chi connectivity index (χ4v) is 3.85. The second kappa shape index (κ2) is 8.43. The molecule has 8 heteroatoms. The van der Waals surface area contributed by atoms with E-state index in [1.807, 2.05) is 21.7 Å². The maximum atomic E-state index is 12.6. The Kier molecular flexibility index (Phi) is 5.57. The number of aromatic nitrogens is 2. The van der Waals surface area contributed by atoms with Gasteiger partial charge in [-0.25, -0.2) is 0 Å². The maximum Gasteiger partial charge on any atom is 0.260 e. The van der Waals surface area contributed by atoms with E-state index in [1.165, 1.54) is 0 Å². The Morgan fingerprint density at radius 2 is 2.07 bits per heavy atom. The van der Waals surface area contributed by atoms with Crippen LogP contribution in [0.4, 0.5) is 0 Å². The highest BCUT2D eigenvalue weighted by Gasteiger charge is 2.28. The highest BCUT2D eigenvalue weighted by molar-refractivity contribution is 7.08. The number of nitrogens with zero attached hydrogens (tertiary/aromatic N) is 3. The molecule has 1 saturated heterocycles. The van der Waals surface area contributed by atoms with Gasteiger partial charge in [0.15, 0.2) is 6.61 Å². The summed E-state index contributed by atoms with van der Waals surface area (Å²) in [5.41, 5.74) is 0.931. The van der Waals surface area contributed by atoms with Crippen LogP contribution in [-0.2, 0) is 4.79 Å². The molecule has 0 bridgehead atoms. The molecule has 1 aliphatic rings. The van der Waals surface area contributed by atoms with E-state index < -0.39 is 0 Å². The number of rotatable bonds is 6. The minimum atomic E-state index is -0.0434. The summed E-state index contributed by atoms with van der Waals surface area (Å²) in [6, 6.07) is 9.13. The summed E-state index contributed by atoms with van der Waals surface area (Å²) in [6.07, 6.45) is 1.82. The molecular formula is C20H21N3O4S. The van der Waals surface area contributed by atoms with Crippen LogP contribution < -0.4 is 9.47 Å². The molecule has 1 atom stereocenters. The van der Waals surface area contributed by atoms with Gasteiger partial charge in [-0.2, -0.15) is 11.3 Å². The molecule has 1 aliphatic heterocycles. The molecule has 3 aromatic rings. The average Bonchev–Trinajstić information content (AvgIpc) is 3.44. The van der Waals surface area contributed by atoms with Gasteiger partial charge in [-0.1, -0.05) is 0 Å². The Hall–Kier alpha value is -2.87. The highest BCUT2D eigenvalue weighted by atomic mass is 32.1. The third kappa shape index (κ3) is 4.17. The lowest BCUT2D eigenvalue weighted by Gasteiger charge is -2.31. The summed E-state index contributed by atoms with van der Waals surface area (Å²) >= 11 is 1.59. The van der Waals surface area contributed by atoms with E-state index in [1.54, 1.807) is 42.7 Å². The molecule has 2 aromatic heterocycles. The first-order valence-corrected chi connectivity index (χ1v) is 10.1. The third-order valence-corrected chi connectivity index (χ3v) is 5.44. The summed E-state index contributed by atoms with van der Waals surface area (Å²) in [7, 11) is 1.61. The normalized spacial score (nSPS) is 16.8. The SMILES string of the molecule is COc1ccc(OCC(=O)N2CCCC(c3nnc(-c4ccsc4)o3)C2)cc1. The molecule has 3 heterocycles. The molecule has 0 radical (unpaired) electrons. The molecule has 1 unspecified atom stereocenters. The molecule has 146 valence electrons. The summed E-state index contributed by atoms with van der Waals surface area (Å²) in [5.74, 6) is 2.52. The quantitative estimate of drug-likeness (QED) is 0.630. The smallest absolute Gasteiger partial charge is 0.260 e. The molecule has 4 rings (SSSR count). The van der Waals surface area contributed by atoms with Gasteiger partial charge >= 0.3 is 0 Å². The number of hydrogen-bond acceptors (Lipinski definition) is 7. The van der Waals surface area contributed by atoms with Gasteiger partial charge in [0.05, 0.1) is 13.0 Å². The fraction of sp³-hybridized carbons (Fsp3) is 0.350. The number of ether oxygens (including phenoxy) is 2. The summed E-state index contributed by atoms with van der Waals surface area (Å²) in [5, 5.41) is 12.3. The molecule has 0 N–H and O–H groups in total. The molecule has 28 heavy (non-hydrogen) atoms. The van der Waals surface area contributed by atoms with Crippen LogP contribution in [0.5, 0.6) is 11.5 Å². The number of thiophene rings is 1.